The molecule has 2 aromatic rings. The van der Waals surface area contributed by atoms with E-state index >= 15 is 0 Å². The fraction of sp³-hybridized carbons (Fsp3) is 0.526. The second-order valence-electron chi connectivity index (χ2n) is 7.70. The van der Waals surface area contributed by atoms with E-state index in [4.69, 9.17) is 0 Å². The molecule has 1 aliphatic heterocycles. The fourth-order valence-electron chi connectivity index (χ4n) is 3.47. The van der Waals surface area contributed by atoms with E-state index in [1.165, 1.54) is 0 Å². The van der Waals surface area contributed by atoms with Gasteiger partial charge in [0, 0.05) is 18.5 Å². The molecular formula is C19H23F3N4O4. The third kappa shape index (κ3) is 4.63. The van der Waals surface area contributed by atoms with Crippen LogP contribution in [0.4, 0.5) is 13.2 Å². The van der Waals surface area contributed by atoms with Crippen LogP contribution in [0.1, 0.15) is 37.4 Å². The Morgan fingerprint density at radius 3 is 2.67 bits per heavy atom. The lowest BCUT2D eigenvalue weighted by Crippen LogP contribution is -2.55. The average Bonchev–Trinajstić information content (AvgIpc) is 2.65. The van der Waals surface area contributed by atoms with E-state index in [0.29, 0.717) is 0 Å². The number of aromatic nitrogens is 2. The minimum Gasteiger partial charge on any atom is -0.391 e. The first kappa shape index (κ1) is 22.2. The monoisotopic (exact) mass is 428 g/mol. The maximum Gasteiger partial charge on any atom is 0.416 e. The first-order valence-corrected chi connectivity index (χ1v) is 9.50. The van der Waals surface area contributed by atoms with Crippen molar-refractivity contribution in [3.05, 3.63) is 39.8 Å². The van der Waals surface area contributed by atoms with Crippen molar-refractivity contribution in [2.45, 2.75) is 51.1 Å². The number of hydroxylamine groups is 2. The number of halogens is 3. The second-order valence-corrected chi connectivity index (χ2v) is 7.70. The van der Waals surface area contributed by atoms with Crippen LogP contribution in [0.25, 0.3) is 10.8 Å². The Balaban J connectivity index is 1.93. The number of hydrogen-bond donors (Lipinski definition) is 3. The van der Waals surface area contributed by atoms with Crippen molar-refractivity contribution in [1.29, 1.82) is 0 Å². The Labute approximate surface area is 169 Å². The Bertz CT molecular complexity index is 1010. The van der Waals surface area contributed by atoms with Crippen LogP contribution < -0.4 is 10.9 Å². The van der Waals surface area contributed by atoms with Gasteiger partial charge in [-0.1, -0.05) is 13.8 Å². The van der Waals surface area contributed by atoms with Crippen molar-refractivity contribution in [1.82, 2.24) is 20.2 Å². The number of carbonyl (C=O) groups excluding carboxylic acids is 1. The predicted octanol–water partition coefficient (Wildman–Crippen LogP) is 1.48. The molecule has 3 N–H and O–H groups in total. The van der Waals surface area contributed by atoms with Crippen LogP contribution in [0.2, 0.25) is 0 Å². The van der Waals surface area contributed by atoms with Gasteiger partial charge >= 0.3 is 6.18 Å². The molecule has 3 rings (SSSR count). The largest absolute Gasteiger partial charge is 0.416 e. The van der Waals surface area contributed by atoms with Gasteiger partial charge in [0.1, 0.15) is 6.54 Å². The fourth-order valence-corrected chi connectivity index (χ4v) is 3.47. The number of benzene rings is 1. The number of nitrogens with zero attached hydrogens (tertiary/aromatic N) is 3. The molecule has 0 aliphatic carbocycles. The number of aliphatic hydroxyl groups excluding tert-OH is 1. The standard InChI is InChI=1S/C19H23F3N4O4/c1-10(2)17-13-7-11(19(20,21)22)3-4-12(13)18(29)26(24-17)9-16(28)23-14-8-25(30)6-5-15(14)27/h3-4,7,10,14-15,27,30H,5-6,8-9H2,1-2H3,(H,23,28)/t14-,15+/m0/s1. The third-order valence-electron chi connectivity index (χ3n) is 5.06. The summed E-state index contributed by atoms with van der Waals surface area (Å²) < 4.78 is 40.2. The molecule has 1 saturated heterocycles. The summed E-state index contributed by atoms with van der Waals surface area (Å²) in [4.78, 5) is 25.2. The highest BCUT2D eigenvalue weighted by Crippen LogP contribution is 2.32. The number of fused-ring (bicyclic) bond motifs is 1. The molecule has 1 amide bonds. The zero-order valence-corrected chi connectivity index (χ0v) is 16.5. The van der Waals surface area contributed by atoms with Crippen molar-refractivity contribution in [2.75, 3.05) is 13.1 Å². The van der Waals surface area contributed by atoms with E-state index in [-0.39, 0.29) is 41.9 Å². The van der Waals surface area contributed by atoms with Gasteiger partial charge in [0.05, 0.1) is 28.8 Å². The van der Waals surface area contributed by atoms with E-state index in [0.717, 1.165) is 27.9 Å². The summed E-state index contributed by atoms with van der Waals surface area (Å²) in [7, 11) is 0. The molecule has 1 aliphatic rings. The molecule has 1 fully saturated rings. The Morgan fingerprint density at radius 1 is 1.33 bits per heavy atom. The first-order valence-electron chi connectivity index (χ1n) is 9.50. The van der Waals surface area contributed by atoms with Gasteiger partial charge in [0.25, 0.3) is 5.56 Å². The Kier molecular flexibility index (Phi) is 6.16. The molecule has 164 valence electrons. The van der Waals surface area contributed by atoms with Gasteiger partial charge in [-0.05, 0) is 30.5 Å². The quantitative estimate of drug-likeness (QED) is 0.681. The molecule has 0 radical (unpaired) electrons. The molecule has 0 spiro atoms. The topological polar surface area (TPSA) is 108 Å². The summed E-state index contributed by atoms with van der Waals surface area (Å²) in [5.41, 5.74) is -1.30. The molecule has 11 heteroatoms. The predicted molar refractivity (Wildman–Crippen MR) is 101 cm³/mol. The van der Waals surface area contributed by atoms with Crippen molar-refractivity contribution >= 4 is 16.7 Å². The van der Waals surface area contributed by atoms with Crippen LogP contribution in [0.3, 0.4) is 0 Å². The van der Waals surface area contributed by atoms with Crippen LogP contribution >= 0.6 is 0 Å². The lowest BCUT2D eigenvalue weighted by atomic mass is 10.0. The zero-order valence-electron chi connectivity index (χ0n) is 16.5. The first-order chi connectivity index (χ1) is 14.0. The molecular weight excluding hydrogens is 405 g/mol. The van der Waals surface area contributed by atoms with Crippen molar-refractivity contribution in [3.63, 3.8) is 0 Å². The van der Waals surface area contributed by atoms with Crippen molar-refractivity contribution in [2.24, 2.45) is 0 Å². The highest BCUT2D eigenvalue weighted by atomic mass is 19.4. The Morgan fingerprint density at radius 2 is 2.03 bits per heavy atom. The number of amides is 1. The van der Waals surface area contributed by atoms with Crippen LogP contribution in [0, 0.1) is 0 Å². The molecule has 2 heterocycles. The summed E-state index contributed by atoms with van der Waals surface area (Å²) >= 11 is 0. The minimum atomic E-state index is -4.56. The summed E-state index contributed by atoms with van der Waals surface area (Å²) in [6.07, 6.45) is -5.13. The molecule has 1 aromatic carbocycles. The number of piperidine rings is 1. The van der Waals surface area contributed by atoms with E-state index in [1.54, 1.807) is 13.8 Å². The van der Waals surface area contributed by atoms with Crippen LogP contribution in [-0.4, -0.2) is 56.3 Å². The van der Waals surface area contributed by atoms with E-state index in [2.05, 4.69) is 10.4 Å². The van der Waals surface area contributed by atoms with Gasteiger partial charge in [0.15, 0.2) is 0 Å². The van der Waals surface area contributed by atoms with Gasteiger partial charge in [-0.15, -0.1) is 0 Å². The highest BCUT2D eigenvalue weighted by Gasteiger charge is 2.32. The summed E-state index contributed by atoms with van der Waals surface area (Å²) in [5.74, 6) is -0.904. The maximum atomic E-state index is 13.1. The number of rotatable bonds is 4. The van der Waals surface area contributed by atoms with Gasteiger partial charge in [-0.3, -0.25) is 9.59 Å². The normalized spacial score (nSPS) is 20.7. The number of hydrogen-bond acceptors (Lipinski definition) is 6. The van der Waals surface area contributed by atoms with Crippen molar-refractivity contribution < 1.29 is 28.3 Å². The molecule has 1 aromatic heterocycles. The average molecular weight is 428 g/mol. The number of nitrogens with one attached hydrogen (secondary N) is 1. The van der Waals surface area contributed by atoms with Crippen LogP contribution in [0.15, 0.2) is 23.0 Å². The third-order valence-corrected chi connectivity index (χ3v) is 5.06. The van der Waals surface area contributed by atoms with E-state index in [9.17, 15) is 33.1 Å². The highest BCUT2D eigenvalue weighted by molar-refractivity contribution is 5.85. The minimum absolute atomic E-state index is 0.0322. The van der Waals surface area contributed by atoms with Gasteiger partial charge in [-0.25, -0.2) is 4.68 Å². The SMILES string of the molecule is CC(C)c1nn(CC(=O)N[C@H]2CN(O)CC[C@H]2O)c(=O)c2ccc(C(F)(F)F)cc12. The van der Waals surface area contributed by atoms with Crippen LogP contribution in [0.5, 0.6) is 0 Å². The van der Waals surface area contributed by atoms with Gasteiger partial charge in [0.2, 0.25) is 5.91 Å². The number of alkyl halides is 3. The number of carbonyl (C=O) groups is 1. The van der Waals surface area contributed by atoms with E-state index in [1.807, 2.05) is 0 Å². The molecule has 2 atom stereocenters. The van der Waals surface area contributed by atoms with Gasteiger partial charge < -0.3 is 15.6 Å². The van der Waals surface area contributed by atoms with Crippen LogP contribution in [-0.2, 0) is 17.5 Å². The lowest BCUT2D eigenvalue weighted by Gasteiger charge is -2.32. The molecule has 0 saturated carbocycles. The van der Waals surface area contributed by atoms with E-state index < -0.39 is 41.9 Å². The van der Waals surface area contributed by atoms with Gasteiger partial charge in [-0.2, -0.15) is 23.3 Å². The zero-order chi connectivity index (χ0) is 22.2. The Hall–Kier alpha value is -2.50. The molecule has 30 heavy (non-hydrogen) atoms. The molecule has 8 nitrogen and oxygen atoms in total. The smallest absolute Gasteiger partial charge is 0.391 e. The lowest BCUT2D eigenvalue weighted by molar-refractivity contribution is -0.140. The van der Waals surface area contributed by atoms with Crippen molar-refractivity contribution in [3.8, 4) is 0 Å². The summed E-state index contributed by atoms with van der Waals surface area (Å²) in [6, 6.07) is 2.10. The number of aliphatic hydroxyl groups is 1. The maximum absolute atomic E-state index is 13.1. The summed E-state index contributed by atoms with van der Waals surface area (Å²) in [5, 5.41) is 27.4. The summed E-state index contributed by atoms with van der Waals surface area (Å²) in [6.45, 7) is 3.29. The second kappa shape index (κ2) is 8.32. The molecule has 0 bridgehead atoms. The molecule has 0 unspecified atom stereocenters.